The Labute approximate surface area is 228 Å². The van der Waals surface area contributed by atoms with Crippen LogP contribution in [0.5, 0.6) is 0 Å². The van der Waals surface area contributed by atoms with Gasteiger partial charge in [0.2, 0.25) is 5.96 Å². The number of allylic oxidation sites excluding steroid dienone is 1. The average molecular weight is 544 g/mol. The number of amides is 1. The van der Waals surface area contributed by atoms with Crippen molar-refractivity contribution in [3.05, 3.63) is 99.1 Å². The van der Waals surface area contributed by atoms with E-state index in [-0.39, 0.29) is 17.5 Å². The van der Waals surface area contributed by atoms with Gasteiger partial charge in [0.25, 0.3) is 5.91 Å². The fraction of sp³-hybridized carbons (Fsp3) is 0.148. The molecule has 12 heteroatoms. The van der Waals surface area contributed by atoms with Crippen LogP contribution < -0.4 is 16.0 Å². The fourth-order valence-corrected chi connectivity index (χ4v) is 4.72. The number of hydrogen-bond acceptors (Lipinski definition) is 8. The van der Waals surface area contributed by atoms with Crippen molar-refractivity contribution in [3.8, 4) is 0 Å². The van der Waals surface area contributed by atoms with Crippen molar-refractivity contribution in [2.45, 2.75) is 26.3 Å². The molecule has 1 unspecified atom stereocenters. The molecule has 39 heavy (non-hydrogen) atoms. The van der Waals surface area contributed by atoms with E-state index < -0.39 is 11.9 Å². The summed E-state index contributed by atoms with van der Waals surface area (Å²) in [5.41, 5.74) is 11.3. The third-order valence-electron chi connectivity index (χ3n) is 6.24. The number of benzene rings is 2. The maximum Gasteiger partial charge on any atom is 0.257 e. The molecule has 0 saturated heterocycles. The molecule has 10 nitrogen and oxygen atoms in total. The predicted molar refractivity (Wildman–Crippen MR) is 147 cm³/mol. The van der Waals surface area contributed by atoms with Crippen LogP contribution in [0.2, 0.25) is 5.02 Å². The number of hydrogen-bond donors (Lipinski definition) is 5. The van der Waals surface area contributed by atoms with Crippen molar-refractivity contribution in [2.75, 3.05) is 5.32 Å². The Kier molecular flexibility index (Phi) is 6.99. The van der Waals surface area contributed by atoms with E-state index in [2.05, 4.69) is 31.0 Å². The van der Waals surface area contributed by atoms with Crippen molar-refractivity contribution >= 4 is 46.6 Å². The third-order valence-corrected chi connectivity index (χ3v) is 6.57. The Balaban J connectivity index is 1.46. The van der Waals surface area contributed by atoms with Gasteiger partial charge >= 0.3 is 0 Å². The molecule has 0 fully saturated rings. The summed E-state index contributed by atoms with van der Waals surface area (Å²) < 4.78 is 13.7. The lowest BCUT2D eigenvalue weighted by molar-refractivity contribution is -0.113. The number of nitrogens with zero attached hydrogens (tertiary/aromatic N) is 4. The number of carbonyl (C=O) groups excluding carboxylic acids is 1. The van der Waals surface area contributed by atoms with E-state index in [0.29, 0.717) is 51.3 Å². The first-order chi connectivity index (χ1) is 18.7. The predicted octanol–water partition coefficient (Wildman–Crippen LogP) is 5.33. The van der Waals surface area contributed by atoms with Crippen LogP contribution >= 0.6 is 11.6 Å². The summed E-state index contributed by atoms with van der Waals surface area (Å²) >= 11 is 6.62. The minimum Gasteiger partial charge on any atom is -0.329 e. The van der Waals surface area contributed by atoms with E-state index in [1.165, 1.54) is 30.5 Å². The maximum atomic E-state index is 13.7. The molecule has 1 aromatic heterocycles. The lowest BCUT2D eigenvalue weighted by atomic mass is 9.95. The summed E-state index contributed by atoms with van der Waals surface area (Å²) in [7, 11) is 0. The molecule has 196 valence electrons. The van der Waals surface area contributed by atoms with Gasteiger partial charge in [-0.3, -0.25) is 10.2 Å². The molecule has 0 spiro atoms. The summed E-state index contributed by atoms with van der Waals surface area (Å²) in [4.78, 5) is 27.0. The molecule has 5 rings (SSSR count). The SMILES string of the molecule is CC1=C(C(=O)Nc2cc(C(=N)N=N)ccn2)C(c2ccc(C)cc2Cl)N=C(NC2=Nc3ccc(F)cc3C2)N1. The van der Waals surface area contributed by atoms with Gasteiger partial charge in [0.1, 0.15) is 23.5 Å². The summed E-state index contributed by atoms with van der Waals surface area (Å²) in [5.74, 6) is 0.0883. The van der Waals surface area contributed by atoms with Crippen molar-refractivity contribution < 1.29 is 9.18 Å². The average Bonchev–Trinajstić information content (AvgIpc) is 3.29. The quantitative estimate of drug-likeness (QED) is 0.172. The van der Waals surface area contributed by atoms with E-state index >= 15 is 0 Å². The molecule has 0 aliphatic carbocycles. The summed E-state index contributed by atoms with van der Waals surface area (Å²) in [6, 6.07) is 12.2. The molecule has 2 aliphatic rings. The topological polar surface area (TPSA) is 151 Å². The third kappa shape index (κ3) is 5.43. The van der Waals surface area contributed by atoms with Crippen LogP contribution in [-0.4, -0.2) is 28.5 Å². The second-order valence-electron chi connectivity index (χ2n) is 9.05. The summed E-state index contributed by atoms with van der Waals surface area (Å²) in [6.07, 6.45) is 1.83. The van der Waals surface area contributed by atoms with Gasteiger partial charge in [0.05, 0.1) is 11.3 Å². The van der Waals surface area contributed by atoms with Gasteiger partial charge in [-0.2, -0.15) is 0 Å². The van der Waals surface area contributed by atoms with Crippen LogP contribution in [0.3, 0.4) is 0 Å². The molecule has 2 aromatic carbocycles. The van der Waals surface area contributed by atoms with Crippen LogP contribution in [-0.2, 0) is 11.2 Å². The van der Waals surface area contributed by atoms with E-state index in [1.54, 1.807) is 19.1 Å². The number of fused-ring (bicyclic) bond motifs is 1. The Hall–Kier alpha value is -4.77. The minimum absolute atomic E-state index is 0.193. The Morgan fingerprint density at radius 2 is 2.00 bits per heavy atom. The largest absolute Gasteiger partial charge is 0.329 e. The first-order valence-corrected chi connectivity index (χ1v) is 12.3. The highest BCUT2D eigenvalue weighted by atomic mass is 35.5. The van der Waals surface area contributed by atoms with Crippen LogP contribution in [0.15, 0.2) is 81.1 Å². The second-order valence-corrected chi connectivity index (χ2v) is 9.45. The molecular formula is C27H23ClFN9O. The number of aryl methyl sites for hydroxylation is 1. The van der Waals surface area contributed by atoms with Gasteiger partial charge in [-0.05, 0) is 61.4 Å². The fourth-order valence-electron chi connectivity index (χ4n) is 4.39. The number of guanidine groups is 1. The molecule has 1 atom stereocenters. The number of rotatable bonds is 4. The van der Waals surface area contributed by atoms with Gasteiger partial charge in [-0.25, -0.2) is 24.9 Å². The number of nitrogens with one attached hydrogen (secondary N) is 5. The molecule has 3 aromatic rings. The number of anilines is 1. The Morgan fingerprint density at radius 1 is 1.18 bits per heavy atom. The van der Waals surface area contributed by atoms with Crippen molar-refractivity contribution in [1.82, 2.24) is 15.6 Å². The molecule has 0 bridgehead atoms. The highest BCUT2D eigenvalue weighted by Crippen LogP contribution is 2.36. The first-order valence-electron chi connectivity index (χ1n) is 11.9. The first kappa shape index (κ1) is 25.9. The van der Waals surface area contributed by atoms with E-state index in [9.17, 15) is 9.18 Å². The second kappa shape index (κ2) is 10.5. The Bertz CT molecular complexity index is 1630. The number of carbonyl (C=O) groups is 1. The van der Waals surface area contributed by atoms with E-state index in [4.69, 9.17) is 27.5 Å². The lowest BCUT2D eigenvalue weighted by Gasteiger charge is -2.27. The smallest absolute Gasteiger partial charge is 0.257 e. The molecule has 1 amide bonds. The maximum absolute atomic E-state index is 13.7. The molecular weight excluding hydrogens is 521 g/mol. The van der Waals surface area contributed by atoms with Crippen molar-refractivity contribution in [2.24, 2.45) is 15.1 Å². The zero-order chi connectivity index (χ0) is 27.7. The highest BCUT2D eigenvalue weighted by Gasteiger charge is 2.31. The van der Waals surface area contributed by atoms with Crippen LogP contribution in [0.1, 0.15) is 35.2 Å². The summed E-state index contributed by atoms with van der Waals surface area (Å²) in [6.45, 7) is 3.67. The van der Waals surface area contributed by atoms with E-state index in [1.807, 2.05) is 19.1 Å². The number of amidine groups is 2. The van der Waals surface area contributed by atoms with E-state index in [0.717, 1.165) is 11.1 Å². The summed E-state index contributed by atoms with van der Waals surface area (Å²) in [5, 5.41) is 20.4. The molecule has 5 N–H and O–H groups in total. The lowest BCUT2D eigenvalue weighted by Crippen LogP contribution is -2.44. The normalized spacial score (nSPS) is 16.1. The number of aromatic nitrogens is 1. The van der Waals surface area contributed by atoms with Gasteiger partial charge < -0.3 is 16.0 Å². The van der Waals surface area contributed by atoms with Crippen molar-refractivity contribution in [1.29, 1.82) is 10.9 Å². The monoisotopic (exact) mass is 543 g/mol. The number of pyridine rings is 1. The van der Waals surface area contributed by atoms with Crippen LogP contribution in [0.25, 0.3) is 0 Å². The van der Waals surface area contributed by atoms with Gasteiger partial charge in [0, 0.05) is 34.5 Å². The molecule has 3 heterocycles. The molecule has 2 aliphatic heterocycles. The van der Waals surface area contributed by atoms with Gasteiger partial charge in [-0.15, -0.1) is 5.11 Å². The van der Waals surface area contributed by atoms with Crippen molar-refractivity contribution in [3.63, 3.8) is 0 Å². The molecule has 0 radical (unpaired) electrons. The number of aliphatic imine (C=N–C) groups is 2. The van der Waals surface area contributed by atoms with Gasteiger partial charge in [-0.1, -0.05) is 23.7 Å². The molecule has 0 saturated carbocycles. The zero-order valence-corrected chi connectivity index (χ0v) is 21.7. The van der Waals surface area contributed by atoms with Crippen LogP contribution in [0.4, 0.5) is 15.9 Å². The minimum atomic E-state index is -0.770. The highest BCUT2D eigenvalue weighted by molar-refractivity contribution is 6.31. The Morgan fingerprint density at radius 3 is 2.77 bits per heavy atom. The standard InChI is InChI=1S/C27H23ClFN9O/c1-13-3-5-18(19(28)9-13)24-23(26(39)35-21-11-15(7-8-32-21)25(30)38-31)14(2)33-27(37-24)36-22-12-16-10-17(29)4-6-20(16)34-22/h3-11,24,30-31H,12H2,1-2H3,(H,32,35,39)(H2,33,34,36,37). The van der Waals surface area contributed by atoms with Crippen LogP contribution in [0, 0.1) is 23.7 Å². The van der Waals surface area contributed by atoms with Gasteiger partial charge in [0.15, 0.2) is 5.84 Å². The zero-order valence-electron chi connectivity index (χ0n) is 20.9. The number of halogens is 2.